The lowest BCUT2D eigenvalue weighted by molar-refractivity contribution is 0.0524. The molecule has 0 spiro atoms. The van der Waals surface area contributed by atoms with Crippen molar-refractivity contribution < 1.29 is 14.2 Å². The maximum absolute atomic E-state index is 6.35. The number of methoxy groups -OCH3 is 1. The Labute approximate surface area is 175 Å². The molecule has 0 amide bonds. The third-order valence-electron chi connectivity index (χ3n) is 6.46. The predicted octanol–water partition coefficient (Wildman–Crippen LogP) is 3.69. The van der Waals surface area contributed by atoms with Crippen LogP contribution in [0, 0.1) is 5.92 Å². The van der Waals surface area contributed by atoms with Gasteiger partial charge in [-0.2, -0.15) is 0 Å². The fourth-order valence-corrected chi connectivity index (χ4v) is 4.93. The summed E-state index contributed by atoms with van der Waals surface area (Å²) >= 11 is 0. The molecule has 3 fully saturated rings. The first-order valence-electron chi connectivity index (χ1n) is 10.7. The maximum Gasteiger partial charge on any atom is 0.127 e. The van der Waals surface area contributed by atoms with Crippen molar-refractivity contribution in [3.05, 3.63) is 23.8 Å². The average Bonchev–Trinajstić information content (AvgIpc) is 3.39. The third-order valence-corrected chi connectivity index (χ3v) is 6.46. The van der Waals surface area contributed by atoms with Gasteiger partial charge in [0, 0.05) is 36.8 Å². The molecule has 158 valence electrons. The van der Waals surface area contributed by atoms with Crippen LogP contribution in [-0.4, -0.2) is 45.1 Å². The second-order valence-electron chi connectivity index (χ2n) is 8.22. The van der Waals surface area contributed by atoms with Crippen molar-refractivity contribution in [3.63, 3.8) is 0 Å². The number of ether oxygens (including phenoxy) is 3. The van der Waals surface area contributed by atoms with Crippen LogP contribution >= 0.6 is 12.4 Å². The van der Waals surface area contributed by atoms with Gasteiger partial charge >= 0.3 is 0 Å². The predicted molar refractivity (Wildman–Crippen MR) is 114 cm³/mol. The molecule has 4 rings (SSSR count). The van der Waals surface area contributed by atoms with E-state index in [1.807, 2.05) is 6.07 Å². The molecular weight excluding hydrogens is 376 g/mol. The van der Waals surface area contributed by atoms with Crippen LogP contribution in [0.1, 0.15) is 50.5 Å². The molecule has 2 N–H and O–H groups in total. The second-order valence-corrected chi connectivity index (χ2v) is 8.22. The molecule has 1 aromatic rings. The van der Waals surface area contributed by atoms with Gasteiger partial charge < -0.3 is 24.8 Å². The van der Waals surface area contributed by atoms with Crippen LogP contribution in [0.4, 0.5) is 0 Å². The standard InChI is InChI=1S/C22H34N2O3.ClH/c1-25-18-10-9-16(22(13-18)27-17-5-2-3-6-17)14-24-20-8-4-7-19(20)21-15-26-12-11-23-21;/h9-10,13,17,19-21,23-24H,2-8,11-12,14-15H2,1H3;1H. The van der Waals surface area contributed by atoms with Crippen LogP contribution in [0.5, 0.6) is 11.5 Å². The topological polar surface area (TPSA) is 51.8 Å². The van der Waals surface area contributed by atoms with E-state index >= 15 is 0 Å². The highest BCUT2D eigenvalue weighted by atomic mass is 35.5. The molecule has 0 aromatic heterocycles. The van der Waals surface area contributed by atoms with E-state index in [0.717, 1.165) is 37.8 Å². The quantitative estimate of drug-likeness (QED) is 0.718. The van der Waals surface area contributed by atoms with Gasteiger partial charge in [-0.05, 0) is 50.5 Å². The molecule has 2 aliphatic carbocycles. The largest absolute Gasteiger partial charge is 0.497 e. The van der Waals surface area contributed by atoms with Gasteiger partial charge in [0.05, 0.1) is 26.4 Å². The number of rotatable bonds is 7. The molecule has 3 unspecified atom stereocenters. The number of morpholine rings is 1. The average molecular weight is 411 g/mol. The highest BCUT2D eigenvalue weighted by molar-refractivity contribution is 5.85. The first kappa shape index (κ1) is 21.7. The van der Waals surface area contributed by atoms with Gasteiger partial charge in [0.25, 0.3) is 0 Å². The van der Waals surface area contributed by atoms with Gasteiger partial charge in [-0.15, -0.1) is 12.4 Å². The van der Waals surface area contributed by atoms with Crippen LogP contribution in [0.25, 0.3) is 0 Å². The minimum absolute atomic E-state index is 0. The van der Waals surface area contributed by atoms with E-state index in [4.69, 9.17) is 14.2 Å². The summed E-state index contributed by atoms with van der Waals surface area (Å²) in [5.41, 5.74) is 1.24. The van der Waals surface area contributed by atoms with Crippen LogP contribution in [0.15, 0.2) is 18.2 Å². The first-order valence-corrected chi connectivity index (χ1v) is 10.7. The summed E-state index contributed by atoms with van der Waals surface area (Å²) in [6, 6.07) is 7.29. The van der Waals surface area contributed by atoms with Crippen LogP contribution in [0.3, 0.4) is 0 Å². The fourth-order valence-electron chi connectivity index (χ4n) is 4.93. The maximum atomic E-state index is 6.35. The first-order chi connectivity index (χ1) is 13.3. The summed E-state index contributed by atoms with van der Waals surface area (Å²) in [7, 11) is 1.72. The van der Waals surface area contributed by atoms with Crippen molar-refractivity contribution in [1.82, 2.24) is 10.6 Å². The van der Waals surface area contributed by atoms with Gasteiger partial charge in [0.2, 0.25) is 0 Å². The summed E-state index contributed by atoms with van der Waals surface area (Å²) in [6.07, 6.45) is 9.09. The number of hydrogen-bond donors (Lipinski definition) is 2. The van der Waals surface area contributed by atoms with E-state index in [-0.39, 0.29) is 12.4 Å². The summed E-state index contributed by atoms with van der Waals surface area (Å²) in [5.74, 6) is 2.51. The van der Waals surface area contributed by atoms with E-state index < -0.39 is 0 Å². The molecule has 1 aromatic carbocycles. The van der Waals surface area contributed by atoms with E-state index in [1.165, 1.54) is 50.5 Å². The second kappa shape index (κ2) is 10.7. The Kier molecular flexibility index (Phi) is 8.27. The Bertz CT molecular complexity index is 603. The van der Waals surface area contributed by atoms with Crippen LogP contribution in [0.2, 0.25) is 0 Å². The zero-order chi connectivity index (χ0) is 18.5. The number of nitrogens with one attached hydrogen (secondary N) is 2. The van der Waals surface area contributed by atoms with Crippen molar-refractivity contribution in [2.45, 2.75) is 69.7 Å². The molecule has 0 radical (unpaired) electrons. The molecule has 1 aliphatic heterocycles. The molecule has 28 heavy (non-hydrogen) atoms. The number of halogens is 1. The van der Waals surface area contributed by atoms with Crippen LogP contribution in [-0.2, 0) is 11.3 Å². The Hall–Kier alpha value is -1.01. The summed E-state index contributed by atoms with van der Waals surface area (Å²) in [5, 5.41) is 7.49. The van der Waals surface area contributed by atoms with Crippen molar-refractivity contribution in [3.8, 4) is 11.5 Å². The fraction of sp³-hybridized carbons (Fsp3) is 0.727. The Morgan fingerprint density at radius 1 is 1.14 bits per heavy atom. The lowest BCUT2D eigenvalue weighted by atomic mass is 9.94. The van der Waals surface area contributed by atoms with Crippen molar-refractivity contribution in [2.24, 2.45) is 5.92 Å². The highest BCUT2D eigenvalue weighted by Gasteiger charge is 2.34. The van der Waals surface area contributed by atoms with E-state index in [1.54, 1.807) is 7.11 Å². The monoisotopic (exact) mass is 410 g/mol. The van der Waals surface area contributed by atoms with E-state index in [0.29, 0.717) is 24.1 Å². The van der Waals surface area contributed by atoms with Crippen molar-refractivity contribution >= 4 is 12.4 Å². The number of benzene rings is 1. The van der Waals surface area contributed by atoms with Crippen molar-refractivity contribution in [2.75, 3.05) is 26.9 Å². The smallest absolute Gasteiger partial charge is 0.127 e. The molecule has 2 saturated carbocycles. The number of hydrogen-bond acceptors (Lipinski definition) is 5. The van der Waals surface area contributed by atoms with Crippen LogP contribution < -0.4 is 20.1 Å². The third kappa shape index (κ3) is 5.32. The Morgan fingerprint density at radius 2 is 2.00 bits per heavy atom. The minimum atomic E-state index is 0. The summed E-state index contributed by atoms with van der Waals surface area (Å²) in [6.45, 7) is 3.52. The molecular formula is C22H35ClN2O3. The lowest BCUT2D eigenvalue weighted by Gasteiger charge is -2.33. The minimum Gasteiger partial charge on any atom is -0.497 e. The van der Waals surface area contributed by atoms with Gasteiger partial charge in [-0.3, -0.25) is 0 Å². The molecule has 1 saturated heterocycles. The van der Waals surface area contributed by atoms with Gasteiger partial charge in [0.15, 0.2) is 0 Å². The van der Waals surface area contributed by atoms with Gasteiger partial charge in [-0.25, -0.2) is 0 Å². The SMILES string of the molecule is COc1ccc(CNC2CCCC2C2COCCN2)c(OC2CCCC2)c1.Cl. The van der Waals surface area contributed by atoms with E-state index in [9.17, 15) is 0 Å². The molecule has 6 heteroatoms. The molecule has 5 nitrogen and oxygen atoms in total. The summed E-state index contributed by atoms with van der Waals surface area (Å²) < 4.78 is 17.5. The summed E-state index contributed by atoms with van der Waals surface area (Å²) in [4.78, 5) is 0. The molecule has 0 bridgehead atoms. The molecule has 3 aliphatic rings. The van der Waals surface area contributed by atoms with Gasteiger partial charge in [-0.1, -0.05) is 12.5 Å². The molecule has 3 atom stereocenters. The zero-order valence-corrected chi connectivity index (χ0v) is 17.8. The van der Waals surface area contributed by atoms with E-state index in [2.05, 4.69) is 22.8 Å². The Balaban J connectivity index is 0.00000225. The molecule has 1 heterocycles. The normalized spacial score (nSPS) is 28.1. The van der Waals surface area contributed by atoms with Gasteiger partial charge in [0.1, 0.15) is 11.5 Å². The highest BCUT2D eigenvalue weighted by Crippen LogP contribution is 2.32. The van der Waals surface area contributed by atoms with Crippen molar-refractivity contribution in [1.29, 1.82) is 0 Å². The zero-order valence-electron chi connectivity index (χ0n) is 17.0. The lowest BCUT2D eigenvalue weighted by Crippen LogP contribution is -2.50. The Morgan fingerprint density at radius 3 is 2.75 bits per heavy atom.